The normalized spacial score (nSPS) is 27.5. The number of rotatable bonds is 11. The predicted molar refractivity (Wildman–Crippen MR) is 172 cm³/mol. The minimum Gasteiger partial charge on any atom is -0.491 e. The number of ether oxygens (including phenoxy) is 2. The van der Waals surface area contributed by atoms with Gasteiger partial charge in [-0.1, -0.05) is 38.5 Å². The van der Waals surface area contributed by atoms with Crippen LogP contribution in [0, 0.1) is 11.8 Å². The second kappa shape index (κ2) is 18.9. The number of likely N-dealkylation sites (tertiary alicyclic amines) is 2. The van der Waals surface area contributed by atoms with Gasteiger partial charge >= 0.3 is 0 Å². The summed E-state index contributed by atoms with van der Waals surface area (Å²) < 4.78 is 10.9. The third-order valence-corrected chi connectivity index (χ3v) is 9.89. The number of hydrogen-bond donors (Lipinski definition) is 2. The van der Waals surface area contributed by atoms with E-state index < -0.39 is 0 Å². The topological polar surface area (TPSA) is 80.1 Å². The summed E-state index contributed by atoms with van der Waals surface area (Å²) >= 11 is 0. The molecule has 238 valence electrons. The molecule has 3 N–H and O–H groups in total. The van der Waals surface area contributed by atoms with Gasteiger partial charge in [0.1, 0.15) is 12.4 Å². The zero-order valence-corrected chi connectivity index (χ0v) is 26.6. The van der Waals surface area contributed by atoms with Crippen LogP contribution in [0.15, 0.2) is 24.3 Å². The molecule has 42 heavy (non-hydrogen) atoms. The Balaban J connectivity index is 0.000000241. The Morgan fingerprint density at radius 1 is 0.762 bits per heavy atom. The van der Waals surface area contributed by atoms with Gasteiger partial charge in [-0.2, -0.15) is 0 Å². The van der Waals surface area contributed by atoms with Crippen LogP contribution in [0.1, 0.15) is 107 Å². The third kappa shape index (κ3) is 11.4. The fraction of sp³-hybridized carbons (Fsp3) is 0.800. The SMILES string of the molecule is CCOCCOc1ccc(C(=O)N[C@@H]2CCCC[C@H]2CN2CCCCC2)cc1.N[C@@H]1CCCC[C@H]1CN1CCCCC1. The van der Waals surface area contributed by atoms with Crippen molar-refractivity contribution in [2.24, 2.45) is 17.6 Å². The Morgan fingerprint density at radius 2 is 1.33 bits per heavy atom. The first-order valence-corrected chi connectivity index (χ1v) is 17.4. The zero-order valence-electron chi connectivity index (χ0n) is 26.6. The van der Waals surface area contributed by atoms with Gasteiger partial charge < -0.3 is 30.3 Å². The van der Waals surface area contributed by atoms with E-state index in [0.717, 1.165) is 24.6 Å². The molecule has 2 saturated carbocycles. The van der Waals surface area contributed by atoms with E-state index >= 15 is 0 Å². The Bertz CT molecular complexity index is 869. The lowest BCUT2D eigenvalue weighted by atomic mass is 9.83. The van der Waals surface area contributed by atoms with E-state index in [2.05, 4.69) is 15.1 Å². The lowest BCUT2D eigenvalue weighted by Gasteiger charge is -2.37. The van der Waals surface area contributed by atoms with Gasteiger partial charge in [0.05, 0.1) is 6.61 Å². The molecule has 0 unspecified atom stereocenters. The fourth-order valence-corrected chi connectivity index (χ4v) is 7.34. The summed E-state index contributed by atoms with van der Waals surface area (Å²) in [5.74, 6) is 2.19. The van der Waals surface area contributed by atoms with Crippen LogP contribution >= 0.6 is 0 Å². The maximum atomic E-state index is 12.8. The van der Waals surface area contributed by atoms with Crippen LogP contribution in [0.25, 0.3) is 0 Å². The molecule has 7 nitrogen and oxygen atoms in total. The second-order valence-electron chi connectivity index (χ2n) is 13.1. The molecule has 0 spiro atoms. The summed E-state index contributed by atoms with van der Waals surface area (Å²) in [6, 6.07) is 8.23. The van der Waals surface area contributed by atoms with Crippen LogP contribution in [0.5, 0.6) is 5.75 Å². The number of nitrogens with zero attached hydrogens (tertiary/aromatic N) is 2. The summed E-state index contributed by atoms with van der Waals surface area (Å²) in [7, 11) is 0. The molecule has 1 aromatic rings. The standard InChI is InChI=1S/C23H36N2O3.C12H24N2/c1-2-27-16-17-28-21-12-10-19(11-13-21)23(26)24-22-9-5-4-8-20(22)18-25-14-6-3-7-15-25;13-12-7-3-2-6-11(12)10-14-8-4-1-5-9-14/h10-13,20,22H,2-9,14-18H2,1H3,(H,24,26);11-12H,1-10,13H2/t20-,22+;11-,12+/m00/s1. The van der Waals surface area contributed by atoms with Gasteiger partial charge in [-0.15, -0.1) is 0 Å². The van der Waals surface area contributed by atoms with Gasteiger partial charge in [-0.05, 0) is 121 Å². The lowest BCUT2D eigenvalue weighted by Crippen LogP contribution is -2.47. The highest BCUT2D eigenvalue weighted by atomic mass is 16.5. The van der Waals surface area contributed by atoms with Crippen molar-refractivity contribution in [2.75, 3.05) is 59.1 Å². The highest BCUT2D eigenvalue weighted by molar-refractivity contribution is 5.94. The monoisotopic (exact) mass is 584 g/mol. The quantitative estimate of drug-likeness (QED) is 0.317. The Morgan fingerprint density at radius 3 is 1.95 bits per heavy atom. The zero-order chi connectivity index (χ0) is 29.4. The van der Waals surface area contributed by atoms with Crippen molar-refractivity contribution in [2.45, 2.75) is 109 Å². The minimum absolute atomic E-state index is 0.0383. The van der Waals surface area contributed by atoms with Gasteiger partial charge in [0.25, 0.3) is 5.91 Å². The highest BCUT2D eigenvalue weighted by Gasteiger charge is 2.29. The molecule has 4 atom stereocenters. The predicted octanol–water partition coefficient (Wildman–Crippen LogP) is 5.87. The molecule has 2 heterocycles. The van der Waals surface area contributed by atoms with Gasteiger partial charge in [0.15, 0.2) is 0 Å². The first kappa shape index (κ1) is 33.2. The molecule has 7 heteroatoms. The van der Waals surface area contributed by atoms with Crippen molar-refractivity contribution in [1.29, 1.82) is 0 Å². The van der Waals surface area contributed by atoms with Crippen LogP contribution in [-0.2, 0) is 4.74 Å². The molecule has 5 rings (SSSR count). The first-order chi connectivity index (χ1) is 20.6. The third-order valence-electron chi connectivity index (χ3n) is 9.89. The maximum Gasteiger partial charge on any atom is 0.251 e. The Labute approximate surface area is 256 Å². The number of amides is 1. The number of carbonyl (C=O) groups is 1. The first-order valence-electron chi connectivity index (χ1n) is 17.4. The molecule has 1 aromatic carbocycles. The average molecular weight is 585 g/mol. The van der Waals surface area contributed by atoms with Crippen molar-refractivity contribution in [3.63, 3.8) is 0 Å². The van der Waals surface area contributed by atoms with Gasteiger partial charge in [-0.25, -0.2) is 0 Å². The van der Waals surface area contributed by atoms with Crippen molar-refractivity contribution < 1.29 is 14.3 Å². The smallest absolute Gasteiger partial charge is 0.251 e. The van der Waals surface area contributed by atoms with E-state index in [0.29, 0.717) is 43.4 Å². The minimum atomic E-state index is 0.0383. The van der Waals surface area contributed by atoms with Crippen LogP contribution < -0.4 is 15.8 Å². The van der Waals surface area contributed by atoms with Crippen molar-refractivity contribution in [3.05, 3.63) is 29.8 Å². The average Bonchev–Trinajstić information content (AvgIpc) is 3.03. The molecule has 2 aliphatic heterocycles. The number of carbonyl (C=O) groups excluding carboxylic acids is 1. The van der Waals surface area contributed by atoms with E-state index in [-0.39, 0.29) is 5.91 Å². The molecule has 1 amide bonds. The van der Waals surface area contributed by atoms with E-state index in [1.807, 2.05) is 31.2 Å². The molecular weight excluding hydrogens is 524 g/mol. The van der Waals surface area contributed by atoms with Crippen LogP contribution in [0.3, 0.4) is 0 Å². The molecule has 4 fully saturated rings. The largest absolute Gasteiger partial charge is 0.491 e. The summed E-state index contributed by atoms with van der Waals surface area (Å²) in [5.41, 5.74) is 6.88. The second-order valence-corrected chi connectivity index (χ2v) is 13.1. The van der Waals surface area contributed by atoms with E-state index in [9.17, 15) is 4.79 Å². The van der Waals surface area contributed by atoms with Crippen LogP contribution in [0.4, 0.5) is 0 Å². The van der Waals surface area contributed by atoms with Crippen molar-refractivity contribution in [3.8, 4) is 5.75 Å². The van der Waals surface area contributed by atoms with Gasteiger partial charge in [-0.3, -0.25) is 4.79 Å². The molecule has 0 radical (unpaired) electrons. The number of nitrogens with two attached hydrogens (primary N) is 1. The van der Waals surface area contributed by atoms with Crippen molar-refractivity contribution in [1.82, 2.24) is 15.1 Å². The maximum absolute atomic E-state index is 12.8. The summed E-state index contributed by atoms with van der Waals surface area (Å²) in [6.45, 7) is 11.3. The molecule has 2 aliphatic carbocycles. The number of hydrogen-bond acceptors (Lipinski definition) is 6. The Kier molecular flexibility index (Phi) is 14.9. The summed E-state index contributed by atoms with van der Waals surface area (Å²) in [4.78, 5) is 18.0. The number of piperidine rings is 2. The molecule has 2 saturated heterocycles. The summed E-state index contributed by atoms with van der Waals surface area (Å²) in [6.07, 6.45) is 18.5. The molecular formula is C35H60N4O3. The molecule has 0 aromatic heterocycles. The van der Waals surface area contributed by atoms with Crippen LogP contribution in [-0.4, -0.2) is 86.9 Å². The van der Waals surface area contributed by atoms with Gasteiger partial charge in [0.2, 0.25) is 0 Å². The fourth-order valence-electron chi connectivity index (χ4n) is 7.34. The lowest BCUT2D eigenvalue weighted by molar-refractivity contribution is 0.0877. The van der Waals surface area contributed by atoms with E-state index in [4.69, 9.17) is 15.2 Å². The Hall–Kier alpha value is -1.67. The number of benzene rings is 1. The highest BCUT2D eigenvalue weighted by Crippen LogP contribution is 2.27. The molecule has 0 bridgehead atoms. The van der Waals surface area contributed by atoms with E-state index in [1.165, 1.54) is 116 Å². The number of nitrogens with one attached hydrogen (secondary N) is 1. The van der Waals surface area contributed by atoms with Crippen LogP contribution in [0.2, 0.25) is 0 Å². The molecule has 4 aliphatic rings. The van der Waals surface area contributed by atoms with Gasteiger partial charge in [0, 0.05) is 37.3 Å². The summed E-state index contributed by atoms with van der Waals surface area (Å²) in [5, 5.41) is 3.33. The van der Waals surface area contributed by atoms with Crippen molar-refractivity contribution >= 4 is 5.91 Å². The van der Waals surface area contributed by atoms with E-state index in [1.54, 1.807) is 0 Å².